The molecule has 0 radical (unpaired) electrons. The Morgan fingerprint density at radius 1 is 1.08 bits per heavy atom. The van der Waals surface area contributed by atoms with E-state index in [2.05, 4.69) is 47.2 Å². The third-order valence-electron chi connectivity index (χ3n) is 4.83. The first kappa shape index (κ1) is 28.2. The Morgan fingerprint density at radius 2 is 1.78 bits per heavy atom. The van der Waals surface area contributed by atoms with Crippen LogP contribution in [0, 0.1) is 0 Å². The molecule has 194 valence electrons. The highest BCUT2D eigenvalue weighted by molar-refractivity contribution is 9.10. The van der Waals surface area contributed by atoms with Gasteiger partial charge < -0.3 is 18.9 Å². The number of esters is 3. The van der Waals surface area contributed by atoms with Crippen LogP contribution >= 0.6 is 43.6 Å². The normalized spacial score (nSPS) is 23.5. The Kier molecular flexibility index (Phi) is 9.99. The van der Waals surface area contributed by atoms with Crippen LogP contribution in [-0.2, 0) is 33.3 Å². The van der Waals surface area contributed by atoms with E-state index in [0.29, 0.717) is 9.37 Å². The van der Waals surface area contributed by atoms with Gasteiger partial charge in [-0.15, -0.1) is 5.10 Å². The maximum Gasteiger partial charge on any atom is 0.303 e. The number of ketones is 1. The fourth-order valence-corrected chi connectivity index (χ4v) is 5.43. The molecule has 0 N–H and O–H groups in total. The Balaban J connectivity index is 2.10. The number of Topliss-reactive ketones (excluding diaryl/α,β-unsaturated/α-hetero) is 1. The van der Waals surface area contributed by atoms with Crippen LogP contribution < -0.4 is 0 Å². The fourth-order valence-electron chi connectivity index (χ4n) is 3.49. The number of rotatable bonds is 9. The summed E-state index contributed by atoms with van der Waals surface area (Å²) in [5, 5.41) is 7.99. The van der Waals surface area contributed by atoms with Crippen LogP contribution in [0.5, 0.6) is 0 Å². The van der Waals surface area contributed by atoms with Gasteiger partial charge in [-0.2, -0.15) is 0 Å². The molecule has 0 aliphatic carbocycles. The van der Waals surface area contributed by atoms with Gasteiger partial charge in [0.25, 0.3) is 0 Å². The van der Waals surface area contributed by atoms with Crippen LogP contribution in [0.25, 0.3) is 0 Å². The van der Waals surface area contributed by atoms with Gasteiger partial charge in [-0.1, -0.05) is 32.9 Å². The number of carbonyl (C=O) groups excluding carboxylic acids is 4. The number of halogens is 2. The van der Waals surface area contributed by atoms with E-state index in [9.17, 15) is 19.2 Å². The number of alkyl halides is 1. The van der Waals surface area contributed by atoms with Crippen molar-refractivity contribution in [1.82, 2.24) is 20.0 Å². The molecule has 0 amide bonds. The highest BCUT2D eigenvalue weighted by Gasteiger charge is 2.52. The number of thioether (sulfide) groups is 1. The number of pyridine rings is 1. The van der Waals surface area contributed by atoms with Crippen LogP contribution in [0.1, 0.15) is 37.3 Å². The summed E-state index contributed by atoms with van der Waals surface area (Å²) in [6.45, 7) is 3.41. The minimum Gasteiger partial charge on any atom is -0.463 e. The van der Waals surface area contributed by atoms with Crippen LogP contribution in [0.15, 0.2) is 34.0 Å². The van der Waals surface area contributed by atoms with E-state index >= 15 is 0 Å². The second-order valence-electron chi connectivity index (χ2n) is 7.58. The Bertz CT molecular complexity index is 1130. The number of carbonyl (C=O) groups is 4. The van der Waals surface area contributed by atoms with Gasteiger partial charge in [0.1, 0.15) is 29.9 Å². The van der Waals surface area contributed by atoms with Gasteiger partial charge in [0.15, 0.2) is 18.0 Å². The van der Waals surface area contributed by atoms with Crippen LogP contribution in [0.3, 0.4) is 0 Å². The minimum absolute atomic E-state index is 0.0175. The predicted octanol–water partition coefficient (Wildman–Crippen LogP) is 2.50. The first-order valence-electron chi connectivity index (χ1n) is 10.5. The number of hydrogen-bond donors (Lipinski definition) is 0. The van der Waals surface area contributed by atoms with Crippen molar-refractivity contribution in [3.05, 3.63) is 34.8 Å². The fraction of sp³-hybridized carbons (Fsp3) is 0.476. The van der Waals surface area contributed by atoms with Gasteiger partial charge in [-0.3, -0.25) is 24.2 Å². The molecule has 3 heterocycles. The highest BCUT2D eigenvalue weighted by atomic mass is 79.9. The van der Waals surface area contributed by atoms with E-state index in [1.54, 1.807) is 18.5 Å². The topological polar surface area (TPSA) is 149 Å². The minimum atomic E-state index is -1.11. The summed E-state index contributed by atoms with van der Waals surface area (Å²) >= 11 is 7.66. The molecule has 0 aromatic carbocycles. The van der Waals surface area contributed by atoms with Crippen molar-refractivity contribution < 1.29 is 38.1 Å². The summed E-state index contributed by atoms with van der Waals surface area (Å²) in [6, 6.07) is 0.816. The number of ether oxygens (including phenoxy) is 4. The monoisotopic (exact) mass is 648 g/mol. The number of hydrogen-bond acceptors (Lipinski definition) is 12. The molecule has 2 aromatic rings. The summed E-state index contributed by atoms with van der Waals surface area (Å²) in [6.07, 6.45) is 1.44. The third kappa shape index (κ3) is 7.33. The smallest absolute Gasteiger partial charge is 0.303 e. The summed E-state index contributed by atoms with van der Waals surface area (Å²) in [7, 11) is 0. The molecule has 1 aliphatic heterocycles. The summed E-state index contributed by atoms with van der Waals surface area (Å²) in [5.41, 5.74) is -0.819. The average molecular weight is 650 g/mol. The lowest BCUT2D eigenvalue weighted by molar-refractivity contribution is -0.212. The van der Waals surface area contributed by atoms with Gasteiger partial charge in [-0.05, 0) is 22.0 Å². The van der Waals surface area contributed by atoms with E-state index in [1.165, 1.54) is 43.4 Å². The lowest BCUT2D eigenvalue weighted by Gasteiger charge is -2.44. The SMILES string of the molecule is CC(=O)OCC1O[C@H](Sc2cncc(Br)c2)C(OC(C)=O)[C@@H](n2cc(C(=O)CBr)nn2)[C@H]1OC(C)=O. The van der Waals surface area contributed by atoms with Gasteiger partial charge in [-0.25, -0.2) is 4.68 Å². The van der Waals surface area contributed by atoms with E-state index in [0.717, 1.165) is 0 Å². The van der Waals surface area contributed by atoms with Crippen LogP contribution in [0.2, 0.25) is 0 Å². The second kappa shape index (κ2) is 12.7. The zero-order valence-electron chi connectivity index (χ0n) is 19.3. The van der Waals surface area contributed by atoms with Crippen molar-refractivity contribution >= 4 is 67.3 Å². The molecule has 12 nitrogen and oxygen atoms in total. The molecule has 1 saturated heterocycles. The lowest BCUT2D eigenvalue weighted by atomic mass is 9.96. The van der Waals surface area contributed by atoms with E-state index in [4.69, 9.17) is 18.9 Å². The zero-order chi connectivity index (χ0) is 26.4. The van der Waals surface area contributed by atoms with Crippen molar-refractivity contribution in [3.63, 3.8) is 0 Å². The van der Waals surface area contributed by atoms with E-state index in [1.807, 2.05) is 0 Å². The molecular weight excluding hydrogens is 628 g/mol. The van der Waals surface area contributed by atoms with E-state index < -0.39 is 47.7 Å². The molecule has 1 fully saturated rings. The van der Waals surface area contributed by atoms with Gasteiger partial charge >= 0.3 is 17.9 Å². The molecule has 0 spiro atoms. The Morgan fingerprint density at radius 3 is 2.39 bits per heavy atom. The molecule has 2 unspecified atom stereocenters. The van der Waals surface area contributed by atoms with Crippen molar-refractivity contribution in [2.24, 2.45) is 0 Å². The van der Waals surface area contributed by atoms with Gasteiger partial charge in [0.05, 0.1) is 11.5 Å². The molecule has 0 bridgehead atoms. The zero-order valence-corrected chi connectivity index (χ0v) is 23.3. The molecular formula is C21H22Br2N4O8S. The maximum absolute atomic E-state index is 12.2. The van der Waals surface area contributed by atoms with Crippen molar-refractivity contribution in [2.75, 3.05) is 11.9 Å². The maximum atomic E-state index is 12.2. The van der Waals surface area contributed by atoms with Crippen molar-refractivity contribution in [2.45, 2.75) is 55.5 Å². The van der Waals surface area contributed by atoms with Crippen molar-refractivity contribution in [3.8, 4) is 0 Å². The van der Waals surface area contributed by atoms with Crippen molar-refractivity contribution in [1.29, 1.82) is 0 Å². The molecule has 1 aliphatic rings. The highest BCUT2D eigenvalue weighted by Crippen LogP contribution is 2.41. The standard InChI is InChI=1S/C21H22Br2N4O8S/c1-10(28)32-9-17-19(33-11(2)29)18(27-8-15(25-26-27)16(31)5-22)20(34-12(3)30)21(35-17)36-14-4-13(23)6-24-7-14/h4,6-8,17-21H,5,9H2,1-3H3/t17?,18-,19-,20?,21+/m0/s1. The Hall–Kier alpha value is -2.36. The Labute approximate surface area is 227 Å². The number of nitrogens with zero attached hydrogens (tertiary/aromatic N) is 4. The molecule has 3 rings (SSSR count). The van der Waals surface area contributed by atoms with Crippen LogP contribution in [-0.4, -0.2) is 79.4 Å². The number of aromatic nitrogens is 4. The van der Waals surface area contributed by atoms with Gasteiger partial charge in [0, 0.05) is 42.5 Å². The molecule has 36 heavy (non-hydrogen) atoms. The first-order chi connectivity index (χ1) is 17.1. The third-order valence-corrected chi connectivity index (χ3v) is 6.88. The summed E-state index contributed by atoms with van der Waals surface area (Å²) in [5.74, 6) is -2.17. The second-order valence-corrected chi connectivity index (χ2v) is 10.2. The summed E-state index contributed by atoms with van der Waals surface area (Å²) in [4.78, 5) is 52.7. The molecule has 5 atom stereocenters. The molecule has 15 heteroatoms. The van der Waals surface area contributed by atoms with Crippen LogP contribution in [0.4, 0.5) is 0 Å². The molecule has 0 saturated carbocycles. The average Bonchev–Trinajstić information content (AvgIpc) is 3.28. The van der Waals surface area contributed by atoms with E-state index in [-0.39, 0.29) is 23.4 Å². The largest absolute Gasteiger partial charge is 0.463 e. The van der Waals surface area contributed by atoms with Gasteiger partial charge in [0.2, 0.25) is 0 Å². The first-order valence-corrected chi connectivity index (χ1v) is 13.3. The summed E-state index contributed by atoms with van der Waals surface area (Å²) < 4.78 is 24.6. The predicted molar refractivity (Wildman–Crippen MR) is 131 cm³/mol. The molecule has 2 aromatic heterocycles. The lowest BCUT2D eigenvalue weighted by Crippen LogP contribution is -2.57. The quantitative estimate of drug-likeness (QED) is 0.170.